The van der Waals surface area contributed by atoms with Gasteiger partial charge in [-0.3, -0.25) is 4.79 Å². The minimum atomic E-state index is -3.51. The van der Waals surface area contributed by atoms with Crippen LogP contribution >= 0.6 is 0 Å². The first kappa shape index (κ1) is 16.9. The number of rotatable bonds is 6. The number of methoxy groups -OCH3 is 1. The van der Waals surface area contributed by atoms with E-state index in [-0.39, 0.29) is 17.3 Å². The molecule has 0 aliphatic heterocycles. The SMILES string of the molecule is CNS(=O)(=O)c1ccc(C(=O)NCc2cccnc2OC)cc1. The number of nitrogens with one attached hydrogen (secondary N) is 2. The standard InChI is InChI=1S/C15H17N3O4S/c1-16-23(20,21)13-7-5-11(6-8-13)14(19)18-10-12-4-3-9-17-15(12)22-2/h3-9,16H,10H2,1-2H3,(H,18,19). The Labute approximate surface area is 134 Å². The van der Waals surface area contributed by atoms with Crippen LogP contribution in [0.25, 0.3) is 0 Å². The van der Waals surface area contributed by atoms with Gasteiger partial charge in [-0.05, 0) is 37.4 Å². The van der Waals surface area contributed by atoms with Crippen LogP contribution in [0.15, 0.2) is 47.5 Å². The van der Waals surface area contributed by atoms with Gasteiger partial charge in [-0.15, -0.1) is 0 Å². The predicted octanol–water partition coefficient (Wildman–Crippen LogP) is 0.928. The third-order valence-corrected chi connectivity index (χ3v) is 4.61. The number of sulfonamides is 1. The smallest absolute Gasteiger partial charge is 0.251 e. The summed E-state index contributed by atoms with van der Waals surface area (Å²) in [4.78, 5) is 16.3. The minimum absolute atomic E-state index is 0.102. The summed E-state index contributed by atoms with van der Waals surface area (Å²) >= 11 is 0. The second-order valence-corrected chi connectivity index (χ2v) is 6.47. The van der Waals surface area contributed by atoms with Crippen LogP contribution < -0.4 is 14.8 Å². The molecular weight excluding hydrogens is 318 g/mol. The van der Waals surface area contributed by atoms with E-state index < -0.39 is 10.0 Å². The van der Waals surface area contributed by atoms with Crippen molar-refractivity contribution >= 4 is 15.9 Å². The topological polar surface area (TPSA) is 97.4 Å². The van der Waals surface area contributed by atoms with Crippen LogP contribution in [-0.4, -0.2) is 33.5 Å². The molecule has 1 aromatic heterocycles. The molecule has 7 nitrogen and oxygen atoms in total. The maximum absolute atomic E-state index is 12.1. The average molecular weight is 335 g/mol. The van der Waals surface area contributed by atoms with Gasteiger partial charge in [0.25, 0.3) is 5.91 Å². The number of amides is 1. The lowest BCUT2D eigenvalue weighted by molar-refractivity contribution is 0.0950. The van der Waals surface area contributed by atoms with Gasteiger partial charge in [-0.25, -0.2) is 18.1 Å². The van der Waals surface area contributed by atoms with Crippen molar-refractivity contribution in [1.29, 1.82) is 0 Å². The molecule has 8 heteroatoms. The molecule has 1 aromatic carbocycles. The number of aromatic nitrogens is 1. The molecule has 122 valence electrons. The molecule has 2 N–H and O–H groups in total. The zero-order valence-electron chi connectivity index (χ0n) is 12.7. The Morgan fingerprint density at radius 2 is 1.91 bits per heavy atom. The zero-order valence-corrected chi connectivity index (χ0v) is 13.6. The normalized spacial score (nSPS) is 11.0. The largest absolute Gasteiger partial charge is 0.481 e. The van der Waals surface area contributed by atoms with E-state index in [0.717, 1.165) is 5.56 Å². The van der Waals surface area contributed by atoms with E-state index in [9.17, 15) is 13.2 Å². The van der Waals surface area contributed by atoms with Crippen molar-refractivity contribution in [2.75, 3.05) is 14.2 Å². The van der Waals surface area contributed by atoms with E-state index >= 15 is 0 Å². The maximum Gasteiger partial charge on any atom is 0.251 e. The molecule has 1 amide bonds. The van der Waals surface area contributed by atoms with Crippen molar-refractivity contribution in [1.82, 2.24) is 15.0 Å². The summed E-state index contributed by atoms with van der Waals surface area (Å²) in [6, 6.07) is 9.23. The van der Waals surface area contributed by atoms with Gasteiger partial charge in [0, 0.05) is 23.9 Å². The van der Waals surface area contributed by atoms with Crippen molar-refractivity contribution in [2.24, 2.45) is 0 Å². The summed E-state index contributed by atoms with van der Waals surface area (Å²) in [6.45, 7) is 0.256. The van der Waals surface area contributed by atoms with Crippen LogP contribution in [0.1, 0.15) is 15.9 Å². The highest BCUT2D eigenvalue weighted by atomic mass is 32.2. The van der Waals surface area contributed by atoms with Crippen LogP contribution in [0.5, 0.6) is 5.88 Å². The van der Waals surface area contributed by atoms with Crippen molar-refractivity contribution in [3.8, 4) is 5.88 Å². The highest BCUT2D eigenvalue weighted by Crippen LogP contribution is 2.14. The second-order valence-electron chi connectivity index (χ2n) is 4.59. The molecule has 23 heavy (non-hydrogen) atoms. The van der Waals surface area contributed by atoms with Crippen molar-refractivity contribution in [2.45, 2.75) is 11.4 Å². The van der Waals surface area contributed by atoms with E-state index in [4.69, 9.17) is 4.74 Å². The molecule has 0 saturated heterocycles. The molecule has 0 atom stereocenters. The van der Waals surface area contributed by atoms with Crippen LogP contribution in [-0.2, 0) is 16.6 Å². The van der Waals surface area contributed by atoms with Crippen LogP contribution in [0.4, 0.5) is 0 Å². The Hall–Kier alpha value is -2.45. The number of hydrogen-bond acceptors (Lipinski definition) is 5. The maximum atomic E-state index is 12.1. The van der Waals surface area contributed by atoms with E-state index in [1.54, 1.807) is 18.3 Å². The molecule has 0 bridgehead atoms. The number of carbonyl (C=O) groups is 1. The molecular formula is C15H17N3O4S. The molecule has 0 unspecified atom stereocenters. The quantitative estimate of drug-likeness (QED) is 0.818. The minimum Gasteiger partial charge on any atom is -0.481 e. The first-order chi connectivity index (χ1) is 11.0. The van der Waals surface area contributed by atoms with Gasteiger partial charge in [-0.1, -0.05) is 6.07 Å². The molecule has 0 aliphatic rings. The van der Waals surface area contributed by atoms with Gasteiger partial charge < -0.3 is 10.1 Å². The van der Waals surface area contributed by atoms with Crippen LogP contribution in [0, 0.1) is 0 Å². The molecule has 0 saturated carbocycles. The number of benzene rings is 1. The highest BCUT2D eigenvalue weighted by Gasteiger charge is 2.13. The Morgan fingerprint density at radius 3 is 2.52 bits per heavy atom. The lowest BCUT2D eigenvalue weighted by Crippen LogP contribution is -2.23. The Morgan fingerprint density at radius 1 is 1.22 bits per heavy atom. The highest BCUT2D eigenvalue weighted by molar-refractivity contribution is 7.89. The van der Waals surface area contributed by atoms with Gasteiger partial charge in [0.2, 0.25) is 15.9 Å². The molecule has 0 radical (unpaired) electrons. The molecule has 0 aliphatic carbocycles. The molecule has 2 rings (SSSR count). The molecule has 1 heterocycles. The molecule has 0 spiro atoms. The van der Waals surface area contributed by atoms with Gasteiger partial charge in [-0.2, -0.15) is 0 Å². The van der Waals surface area contributed by atoms with Crippen molar-refractivity contribution < 1.29 is 17.9 Å². The first-order valence-corrected chi connectivity index (χ1v) is 8.26. The Bertz CT molecular complexity index is 789. The number of pyridine rings is 1. The zero-order chi connectivity index (χ0) is 16.9. The van der Waals surface area contributed by atoms with Crippen LogP contribution in [0.3, 0.4) is 0 Å². The summed E-state index contributed by atoms with van der Waals surface area (Å²) in [5.41, 5.74) is 1.11. The number of carbonyl (C=O) groups excluding carboxylic acids is 1. The van der Waals surface area contributed by atoms with Gasteiger partial charge in [0.15, 0.2) is 0 Å². The number of ether oxygens (including phenoxy) is 1. The van der Waals surface area contributed by atoms with Crippen LogP contribution in [0.2, 0.25) is 0 Å². The second kappa shape index (κ2) is 7.21. The van der Waals surface area contributed by atoms with E-state index in [1.807, 2.05) is 0 Å². The van der Waals surface area contributed by atoms with Crippen molar-refractivity contribution in [3.63, 3.8) is 0 Å². The van der Waals surface area contributed by atoms with Gasteiger partial charge in [0.05, 0.1) is 12.0 Å². The van der Waals surface area contributed by atoms with E-state index in [0.29, 0.717) is 11.4 Å². The number of nitrogens with zero attached hydrogens (tertiary/aromatic N) is 1. The Kier molecular flexibility index (Phi) is 5.30. The fraction of sp³-hybridized carbons (Fsp3) is 0.200. The lowest BCUT2D eigenvalue weighted by Gasteiger charge is -2.09. The first-order valence-electron chi connectivity index (χ1n) is 6.77. The molecule has 2 aromatic rings. The lowest BCUT2D eigenvalue weighted by atomic mass is 10.2. The summed E-state index contributed by atoms with van der Waals surface area (Å²) in [6.07, 6.45) is 1.60. The summed E-state index contributed by atoms with van der Waals surface area (Å²) in [5.74, 6) is 0.132. The van der Waals surface area contributed by atoms with Gasteiger partial charge in [0.1, 0.15) is 0 Å². The summed E-state index contributed by atoms with van der Waals surface area (Å²) in [7, 11) is -0.672. The van der Waals surface area contributed by atoms with Crippen molar-refractivity contribution in [3.05, 3.63) is 53.7 Å². The fourth-order valence-electron chi connectivity index (χ4n) is 1.92. The molecule has 0 fully saturated rings. The fourth-order valence-corrected chi connectivity index (χ4v) is 2.65. The van der Waals surface area contributed by atoms with E-state index in [2.05, 4.69) is 15.0 Å². The third-order valence-electron chi connectivity index (χ3n) is 3.18. The summed E-state index contributed by atoms with van der Waals surface area (Å²) < 4.78 is 30.6. The monoisotopic (exact) mass is 335 g/mol. The third kappa shape index (κ3) is 4.05. The van der Waals surface area contributed by atoms with Gasteiger partial charge >= 0.3 is 0 Å². The Balaban J connectivity index is 2.07. The number of hydrogen-bond donors (Lipinski definition) is 2. The summed E-state index contributed by atoms with van der Waals surface area (Å²) in [5, 5.41) is 2.74. The predicted molar refractivity (Wildman–Crippen MR) is 84.6 cm³/mol. The average Bonchev–Trinajstić information content (AvgIpc) is 2.60. The van der Waals surface area contributed by atoms with E-state index in [1.165, 1.54) is 38.4 Å².